The van der Waals surface area contributed by atoms with E-state index in [1.807, 2.05) is 20.8 Å². The standard InChI is InChI=1S/C59H70F2N8O4/c1-37-30-53(42-12-14-47-49(33-42)64-57(62-47)51-10-6-22-67(51)54(70)31-38-18-26-72-27-19-38)69(44-35-45(60)56(46(61)36-44)66-24-16-41(17-25-66)40-8-4-3-5-9-40)59(37,2)43-13-15-48-50(34-43)65-58(63-48)52-11-7-23-68(52)55(71)32-39-20-28-73-29-21-39/h3-5,8-9,12-15,33-39,41,51-53H,6-7,10-11,16-32H2,1-2H3,(H,62,64)(H,63,65)/t37?,51?,52?,53-,59+/m1/s1. The van der Waals surface area contributed by atoms with E-state index in [0.29, 0.717) is 62.6 Å². The number of carbonyl (C=O) groups excluding carboxylic acids is 2. The number of likely N-dealkylation sites (tertiary alicyclic amines) is 2. The molecule has 6 aliphatic heterocycles. The molecule has 2 N–H and O–H groups in total. The van der Waals surface area contributed by atoms with Gasteiger partial charge in [-0.1, -0.05) is 49.4 Å². The Hall–Kier alpha value is -5.86. The van der Waals surface area contributed by atoms with Gasteiger partial charge in [-0.15, -0.1) is 0 Å². The second-order valence-electron chi connectivity index (χ2n) is 22.4. The first-order chi connectivity index (χ1) is 35.6. The summed E-state index contributed by atoms with van der Waals surface area (Å²) in [5, 5.41) is 0. The number of imidazole rings is 2. The van der Waals surface area contributed by atoms with Gasteiger partial charge in [0.25, 0.3) is 0 Å². The highest BCUT2D eigenvalue weighted by atomic mass is 19.1. The molecular weight excluding hydrogens is 923 g/mol. The van der Waals surface area contributed by atoms with Crippen molar-refractivity contribution in [3.05, 3.63) is 119 Å². The molecule has 2 amide bonds. The van der Waals surface area contributed by atoms with Crippen molar-refractivity contribution in [1.29, 1.82) is 0 Å². The summed E-state index contributed by atoms with van der Waals surface area (Å²) in [6, 6.07) is 25.7. The molecule has 6 aromatic rings. The Labute approximate surface area is 427 Å². The van der Waals surface area contributed by atoms with Gasteiger partial charge in [-0.3, -0.25) is 9.59 Å². The average molecular weight is 993 g/mol. The quantitative estimate of drug-likeness (QED) is 0.132. The van der Waals surface area contributed by atoms with Crippen LogP contribution >= 0.6 is 0 Å². The number of amides is 2. The fraction of sp³-hybridized carbons (Fsp3) is 0.525. The second-order valence-corrected chi connectivity index (χ2v) is 22.4. The number of nitrogens with one attached hydrogen (secondary N) is 2. The number of fused-ring (bicyclic) bond motifs is 2. The minimum absolute atomic E-state index is 0.0371. The molecule has 6 fully saturated rings. The van der Waals surface area contributed by atoms with Crippen LogP contribution in [-0.4, -0.2) is 94.2 Å². The molecule has 384 valence electrons. The molecule has 14 heteroatoms. The maximum Gasteiger partial charge on any atom is 0.223 e. The Morgan fingerprint density at radius 2 is 1.19 bits per heavy atom. The number of nitrogens with zero attached hydrogens (tertiary/aromatic N) is 6. The van der Waals surface area contributed by atoms with Gasteiger partial charge < -0.3 is 39.0 Å². The average Bonchev–Trinajstić information content (AvgIpc) is 4.27. The van der Waals surface area contributed by atoms with Crippen LogP contribution in [-0.2, 0) is 24.6 Å². The van der Waals surface area contributed by atoms with Crippen molar-refractivity contribution in [2.24, 2.45) is 17.8 Å². The summed E-state index contributed by atoms with van der Waals surface area (Å²) in [6.07, 6.45) is 10.7. The molecule has 4 aromatic carbocycles. The third-order valence-electron chi connectivity index (χ3n) is 18.1. The number of hydrogen-bond donors (Lipinski definition) is 2. The molecule has 5 atom stereocenters. The van der Waals surface area contributed by atoms with Crippen LogP contribution in [0.3, 0.4) is 0 Å². The highest BCUT2D eigenvalue weighted by Crippen LogP contribution is 2.55. The van der Waals surface area contributed by atoms with Gasteiger partial charge in [-0.2, -0.15) is 0 Å². The summed E-state index contributed by atoms with van der Waals surface area (Å²) < 4.78 is 45.1. The number of carbonyl (C=O) groups is 2. The number of piperidine rings is 1. The third kappa shape index (κ3) is 9.18. The van der Waals surface area contributed by atoms with E-state index in [1.54, 1.807) is 12.1 Å². The van der Waals surface area contributed by atoms with Crippen LogP contribution in [0.2, 0.25) is 0 Å². The van der Waals surface area contributed by atoms with Gasteiger partial charge in [0.05, 0.1) is 45.7 Å². The first-order valence-corrected chi connectivity index (χ1v) is 27.4. The van der Waals surface area contributed by atoms with Crippen molar-refractivity contribution in [2.45, 2.75) is 127 Å². The molecule has 12 rings (SSSR count). The van der Waals surface area contributed by atoms with Gasteiger partial charge in [0.15, 0.2) is 11.6 Å². The molecule has 3 unspecified atom stereocenters. The minimum Gasteiger partial charge on any atom is -0.381 e. The maximum atomic E-state index is 17.0. The van der Waals surface area contributed by atoms with Gasteiger partial charge in [0, 0.05) is 71.1 Å². The van der Waals surface area contributed by atoms with E-state index in [4.69, 9.17) is 19.4 Å². The van der Waals surface area contributed by atoms with Gasteiger partial charge in [0.2, 0.25) is 11.8 Å². The largest absolute Gasteiger partial charge is 0.381 e. The normalized spacial score (nSPS) is 25.8. The summed E-state index contributed by atoms with van der Waals surface area (Å²) in [7, 11) is 0. The van der Waals surface area contributed by atoms with Gasteiger partial charge in [-0.25, -0.2) is 18.7 Å². The number of H-pyrrole nitrogens is 2. The zero-order chi connectivity index (χ0) is 49.8. The van der Waals surface area contributed by atoms with E-state index >= 15 is 8.78 Å². The van der Waals surface area contributed by atoms with Crippen LogP contribution < -0.4 is 9.80 Å². The van der Waals surface area contributed by atoms with Crippen LogP contribution in [0.25, 0.3) is 22.1 Å². The van der Waals surface area contributed by atoms with Gasteiger partial charge in [-0.05, 0) is 154 Å². The zero-order valence-electron chi connectivity index (χ0n) is 42.5. The Bertz CT molecular complexity index is 2940. The molecule has 73 heavy (non-hydrogen) atoms. The smallest absolute Gasteiger partial charge is 0.223 e. The van der Waals surface area contributed by atoms with E-state index in [2.05, 4.69) is 89.4 Å². The number of aromatic nitrogens is 4. The number of halogens is 2. The third-order valence-corrected chi connectivity index (χ3v) is 18.1. The number of aromatic amines is 2. The topological polar surface area (TPSA) is 123 Å². The molecule has 12 nitrogen and oxygen atoms in total. The summed E-state index contributed by atoms with van der Waals surface area (Å²) in [4.78, 5) is 53.2. The highest BCUT2D eigenvalue weighted by Gasteiger charge is 2.51. The Morgan fingerprint density at radius 3 is 1.77 bits per heavy atom. The molecule has 0 radical (unpaired) electrons. The lowest BCUT2D eigenvalue weighted by atomic mass is 9.81. The predicted molar refractivity (Wildman–Crippen MR) is 279 cm³/mol. The Morgan fingerprint density at radius 1 is 0.644 bits per heavy atom. The monoisotopic (exact) mass is 993 g/mol. The summed E-state index contributed by atoms with van der Waals surface area (Å²) in [5.41, 5.74) is 6.50. The van der Waals surface area contributed by atoms with Crippen molar-refractivity contribution in [2.75, 3.05) is 62.4 Å². The molecular formula is C59H70F2N8O4. The van der Waals surface area contributed by atoms with E-state index < -0.39 is 17.2 Å². The molecule has 2 aromatic heterocycles. The number of anilines is 2. The van der Waals surface area contributed by atoms with E-state index in [0.717, 1.165) is 142 Å². The molecule has 0 spiro atoms. The number of benzene rings is 4. The van der Waals surface area contributed by atoms with Crippen LogP contribution in [0.4, 0.5) is 20.2 Å². The number of hydrogen-bond acceptors (Lipinski definition) is 8. The van der Waals surface area contributed by atoms with Crippen LogP contribution in [0.1, 0.15) is 150 Å². The number of ether oxygens (including phenoxy) is 2. The molecule has 6 saturated heterocycles. The Kier molecular flexibility index (Phi) is 13.2. The molecule has 0 saturated carbocycles. The van der Waals surface area contributed by atoms with E-state index in [-0.39, 0.29) is 41.5 Å². The van der Waals surface area contributed by atoms with Gasteiger partial charge >= 0.3 is 0 Å². The van der Waals surface area contributed by atoms with Crippen LogP contribution in [0.5, 0.6) is 0 Å². The van der Waals surface area contributed by atoms with Crippen molar-refractivity contribution in [3.8, 4) is 0 Å². The Balaban J connectivity index is 0.869. The van der Waals surface area contributed by atoms with Crippen molar-refractivity contribution < 1.29 is 27.8 Å². The number of rotatable bonds is 11. The lowest BCUT2D eigenvalue weighted by Gasteiger charge is -2.43. The fourth-order valence-corrected chi connectivity index (χ4v) is 13.8. The first kappa shape index (κ1) is 48.1. The molecule has 8 heterocycles. The zero-order valence-corrected chi connectivity index (χ0v) is 42.5. The first-order valence-electron chi connectivity index (χ1n) is 27.4. The van der Waals surface area contributed by atoms with Crippen molar-refractivity contribution in [3.63, 3.8) is 0 Å². The second kappa shape index (κ2) is 20.1. The van der Waals surface area contributed by atoms with Crippen molar-refractivity contribution >= 4 is 45.3 Å². The SMILES string of the molecule is CC1C[C@H](c2ccc3nc(C4CCCN4C(=O)CC4CCOCC4)[nH]c3c2)N(c2cc(F)c(N3CCC(c4ccccc4)CC3)c(F)c2)[C@]1(C)c1ccc2nc(C3CCCN3C(=O)CC3CCOCC3)[nH]c2c1. The predicted octanol–water partition coefficient (Wildman–Crippen LogP) is 11.6. The van der Waals surface area contributed by atoms with E-state index in [9.17, 15) is 9.59 Å². The van der Waals surface area contributed by atoms with Crippen LogP contribution in [0, 0.1) is 29.4 Å². The lowest BCUT2D eigenvalue weighted by Crippen LogP contribution is -2.43. The highest BCUT2D eigenvalue weighted by molar-refractivity contribution is 5.81. The van der Waals surface area contributed by atoms with Crippen LogP contribution in [0.15, 0.2) is 78.9 Å². The lowest BCUT2D eigenvalue weighted by molar-refractivity contribution is -0.134. The molecule has 0 aliphatic carbocycles. The van der Waals surface area contributed by atoms with Crippen molar-refractivity contribution in [1.82, 2.24) is 29.7 Å². The molecule has 0 bridgehead atoms. The summed E-state index contributed by atoms with van der Waals surface area (Å²) >= 11 is 0. The maximum absolute atomic E-state index is 17.0. The van der Waals surface area contributed by atoms with E-state index in [1.165, 1.54) is 5.56 Å². The van der Waals surface area contributed by atoms with Gasteiger partial charge in [0.1, 0.15) is 17.3 Å². The fourth-order valence-electron chi connectivity index (χ4n) is 13.8. The minimum atomic E-state index is -0.721. The molecule has 6 aliphatic rings. The summed E-state index contributed by atoms with van der Waals surface area (Å²) in [6.45, 7) is 9.90. The summed E-state index contributed by atoms with van der Waals surface area (Å²) in [5.74, 6) is 1.95.